The third-order valence-corrected chi connectivity index (χ3v) is 9.84. The predicted octanol–water partition coefficient (Wildman–Crippen LogP) is 3.43. The summed E-state index contributed by atoms with van der Waals surface area (Å²) in [6.45, 7) is 7.31. The maximum absolute atomic E-state index is 12.2. The molecule has 2 unspecified atom stereocenters. The smallest absolute Gasteiger partial charge is 0.306 e. The number of aliphatic hydroxyl groups is 2. The summed E-state index contributed by atoms with van der Waals surface area (Å²) >= 11 is 0. The molecule has 0 aromatic heterocycles. The van der Waals surface area contributed by atoms with Crippen molar-refractivity contribution in [1.82, 2.24) is 0 Å². The molecule has 0 aromatic rings. The summed E-state index contributed by atoms with van der Waals surface area (Å²) in [4.78, 5) is 12.0. The Hall–Kier alpha value is -1.21. The molecular weight excluding hydrogens is 396 g/mol. The number of aliphatic carboxylic acids is 1. The minimum absolute atomic E-state index is 0.112. The summed E-state index contributed by atoms with van der Waals surface area (Å²) in [5.74, 6) is -1.48. The van der Waals surface area contributed by atoms with Crippen molar-refractivity contribution in [3.63, 3.8) is 0 Å². The maximum atomic E-state index is 12.2. The molecule has 1 saturated heterocycles. The first kappa shape index (κ1) is 21.6. The van der Waals surface area contributed by atoms with Gasteiger partial charge in [0.05, 0.1) is 31.3 Å². The van der Waals surface area contributed by atoms with Gasteiger partial charge >= 0.3 is 5.97 Å². The van der Waals surface area contributed by atoms with E-state index in [2.05, 4.69) is 26.0 Å². The van der Waals surface area contributed by atoms with E-state index >= 15 is 0 Å². The van der Waals surface area contributed by atoms with Crippen LogP contribution in [-0.2, 0) is 14.3 Å². The Morgan fingerprint density at radius 3 is 2.55 bits per heavy atom. The summed E-state index contributed by atoms with van der Waals surface area (Å²) < 4.78 is 12.1. The lowest BCUT2D eigenvalue weighted by Gasteiger charge is -2.62. The van der Waals surface area contributed by atoms with Crippen LogP contribution in [0, 0.1) is 28.6 Å². The number of carbonyl (C=O) groups is 1. The van der Waals surface area contributed by atoms with E-state index in [-0.39, 0.29) is 35.7 Å². The molecule has 0 radical (unpaired) electrons. The highest BCUT2D eigenvalue weighted by molar-refractivity contribution is 5.69. The molecule has 0 amide bonds. The van der Waals surface area contributed by atoms with E-state index in [1.165, 1.54) is 11.1 Å². The lowest BCUT2D eigenvalue weighted by molar-refractivity contribution is -0.241. The molecule has 6 heteroatoms. The number of hydrogen-bond acceptors (Lipinski definition) is 5. The number of rotatable bonds is 3. The quantitative estimate of drug-likeness (QED) is 0.592. The van der Waals surface area contributed by atoms with Gasteiger partial charge in [-0.3, -0.25) is 4.79 Å². The molecule has 172 valence electrons. The number of carboxylic acid groups (broad SMARTS) is 1. The number of allylic oxidation sites excluding steroid dienone is 2. The molecule has 5 aliphatic rings. The van der Waals surface area contributed by atoms with Crippen LogP contribution in [0.4, 0.5) is 0 Å². The summed E-state index contributed by atoms with van der Waals surface area (Å²) in [6.07, 6.45) is 8.38. The van der Waals surface area contributed by atoms with Crippen LogP contribution in [0.3, 0.4) is 0 Å². The van der Waals surface area contributed by atoms with Gasteiger partial charge in [-0.25, -0.2) is 0 Å². The Morgan fingerprint density at radius 2 is 1.87 bits per heavy atom. The third-order valence-electron chi connectivity index (χ3n) is 9.84. The average molecular weight is 433 g/mol. The van der Waals surface area contributed by atoms with Gasteiger partial charge in [-0.2, -0.15) is 0 Å². The summed E-state index contributed by atoms with van der Waals surface area (Å²) in [5, 5.41) is 32.3. The van der Waals surface area contributed by atoms with Gasteiger partial charge in [0.1, 0.15) is 0 Å². The molecule has 31 heavy (non-hydrogen) atoms. The second kappa shape index (κ2) is 6.89. The molecule has 5 rings (SSSR count). The maximum Gasteiger partial charge on any atom is 0.306 e. The van der Waals surface area contributed by atoms with Gasteiger partial charge in [0.25, 0.3) is 0 Å². The normalized spacial score (nSPS) is 48.3. The van der Waals surface area contributed by atoms with E-state index in [4.69, 9.17) is 9.47 Å². The van der Waals surface area contributed by atoms with Crippen molar-refractivity contribution in [3.05, 3.63) is 23.3 Å². The molecule has 4 aliphatic carbocycles. The zero-order chi connectivity index (χ0) is 22.2. The van der Waals surface area contributed by atoms with Gasteiger partial charge in [-0.1, -0.05) is 37.1 Å². The molecule has 0 aromatic carbocycles. The van der Waals surface area contributed by atoms with Gasteiger partial charge in [0.2, 0.25) is 0 Å². The minimum Gasteiger partial charge on any atom is -0.481 e. The van der Waals surface area contributed by atoms with Gasteiger partial charge < -0.3 is 24.8 Å². The average Bonchev–Trinajstić information content (AvgIpc) is 3.28. The number of hydrogen-bond donors (Lipinski definition) is 3. The monoisotopic (exact) mass is 432 g/mol. The summed E-state index contributed by atoms with van der Waals surface area (Å²) in [7, 11) is 0. The fourth-order valence-electron chi connectivity index (χ4n) is 8.12. The Kier molecular flexibility index (Phi) is 4.81. The third kappa shape index (κ3) is 2.87. The number of fused-ring (bicyclic) bond motifs is 5. The van der Waals surface area contributed by atoms with Gasteiger partial charge in [0, 0.05) is 11.3 Å². The van der Waals surface area contributed by atoms with Gasteiger partial charge in [-0.15, -0.1) is 0 Å². The van der Waals surface area contributed by atoms with Crippen molar-refractivity contribution in [2.75, 3.05) is 13.2 Å². The van der Waals surface area contributed by atoms with Crippen molar-refractivity contribution >= 4 is 5.97 Å². The zero-order valence-electron chi connectivity index (χ0n) is 18.9. The molecule has 3 N–H and O–H groups in total. The molecular formula is C25H36O6. The SMILES string of the molecule is CC1([C@H]2CC=C3[C@@H]4CC=C5CC(O)CC[C@]5(C)[C@H]4CC(O)(CC(=O)O)[C@@]32C)OCCO1. The van der Waals surface area contributed by atoms with Crippen molar-refractivity contribution in [3.8, 4) is 0 Å². The highest BCUT2D eigenvalue weighted by atomic mass is 16.7. The number of ether oxygens (including phenoxy) is 2. The van der Waals surface area contributed by atoms with Crippen molar-refractivity contribution in [1.29, 1.82) is 0 Å². The van der Waals surface area contributed by atoms with E-state index in [1.54, 1.807) is 0 Å². The number of aliphatic hydroxyl groups excluding tert-OH is 1. The van der Waals surface area contributed by atoms with Crippen LogP contribution in [0.1, 0.15) is 65.7 Å². The van der Waals surface area contributed by atoms with E-state index in [1.807, 2.05) is 6.92 Å². The van der Waals surface area contributed by atoms with Crippen LogP contribution in [0.5, 0.6) is 0 Å². The van der Waals surface area contributed by atoms with Gasteiger partial charge in [0.15, 0.2) is 5.79 Å². The van der Waals surface area contributed by atoms with E-state index in [9.17, 15) is 20.1 Å². The van der Waals surface area contributed by atoms with Crippen LogP contribution in [0.2, 0.25) is 0 Å². The molecule has 3 fully saturated rings. The lowest BCUT2D eigenvalue weighted by atomic mass is 9.44. The molecule has 6 nitrogen and oxygen atoms in total. The second-order valence-corrected chi connectivity index (χ2v) is 11.2. The summed E-state index contributed by atoms with van der Waals surface area (Å²) in [6, 6.07) is 0. The topological polar surface area (TPSA) is 96.2 Å². The van der Waals surface area contributed by atoms with Gasteiger partial charge in [-0.05, 0) is 62.7 Å². The fourth-order valence-corrected chi connectivity index (χ4v) is 8.12. The minimum atomic E-state index is -1.38. The van der Waals surface area contributed by atoms with Crippen LogP contribution in [0.15, 0.2) is 23.3 Å². The molecule has 7 atom stereocenters. The Bertz CT molecular complexity index is 841. The highest BCUT2D eigenvalue weighted by Gasteiger charge is 2.68. The Labute approximate surface area is 184 Å². The molecule has 2 saturated carbocycles. The van der Waals surface area contributed by atoms with E-state index in [0.29, 0.717) is 26.1 Å². The van der Waals surface area contributed by atoms with Crippen molar-refractivity contribution in [2.45, 2.75) is 83.2 Å². The van der Waals surface area contributed by atoms with Crippen LogP contribution < -0.4 is 0 Å². The van der Waals surface area contributed by atoms with E-state index in [0.717, 1.165) is 25.7 Å². The number of carboxylic acids is 1. The van der Waals surface area contributed by atoms with Crippen molar-refractivity contribution < 1.29 is 29.6 Å². The Morgan fingerprint density at radius 1 is 1.16 bits per heavy atom. The standard InChI is InChI=1S/C25H36O6/c1-22-9-8-16(26)12-15(22)4-5-17-18-6-7-20(24(3)30-10-11-31-24)23(18,2)25(29,13-19(17)22)14-21(27)28/h4,6,16-17,19-20,26,29H,5,7-14H2,1-3H3,(H,27,28)/t16?,17-,19-,20-,22-,23-,25?/m0/s1. The van der Waals surface area contributed by atoms with Crippen molar-refractivity contribution in [2.24, 2.45) is 28.6 Å². The first-order chi connectivity index (χ1) is 14.5. The predicted molar refractivity (Wildman–Crippen MR) is 114 cm³/mol. The lowest BCUT2D eigenvalue weighted by Crippen LogP contribution is -2.63. The molecule has 0 bridgehead atoms. The fraction of sp³-hybridized carbons (Fsp3) is 0.800. The first-order valence-electron chi connectivity index (χ1n) is 11.8. The second-order valence-electron chi connectivity index (χ2n) is 11.2. The van der Waals surface area contributed by atoms with E-state index < -0.39 is 22.8 Å². The zero-order valence-corrected chi connectivity index (χ0v) is 18.9. The summed E-state index contributed by atoms with van der Waals surface area (Å²) in [5.41, 5.74) is 0.270. The molecule has 1 heterocycles. The molecule has 1 aliphatic heterocycles. The van der Waals surface area contributed by atoms with Crippen LogP contribution in [-0.4, -0.2) is 52.0 Å². The largest absolute Gasteiger partial charge is 0.481 e. The highest BCUT2D eigenvalue weighted by Crippen LogP contribution is 2.69. The van der Waals surface area contributed by atoms with Crippen LogP contribution in [0.25, 0.3) is 0 Å². The van der Waals surface area contributed by atoms with Crippen LogP contribution >= 0.6 is 0 Å². The Balaban J connectivity index is 1.60. The first-order valence-corrected chi connectivity index (χ1v) is 11.8. The molecule has 0 spiro atoms.